The largest absolute Gasteiger partial charge is 0.481 e. The number of ether oxygens (including phenoxy) is 1. The Hall–Kier alpha value is -1.10. The summed E-state index contributed by atoms with van der Waals surface area (Å²) in [5.41, 5.74) is 0.161. The summed E-state index contributed by atoms with van der Waals surface area (Å²) in [6.45, 7) is 1.38. The van der Waals surface area contributed by atoms with Crippen LogP contribution >= 0.6 is 0 Å². The summed E-state index contributed by atoms with van der Waals surface area (Å²) >= 11 is 0. The molecule has 0 aromatic carbocycles. The fourth-order valence-corrected chi connectivity index (χ4v) is 3.47. The molecule has 0 spiro atoms. The van der Waals surface area contributed by atoms with Crippen LogP contribution in [-0.2, 0) is 14.3 Å². The quantitative estimate of drug-likeness (QED) is 0.747. The first-order valence-electron chi connectivity index (χ1n) is 7.57. The second kappa shape index (κ2) is 6.57. The standard InChI is InChI=1S/C15H25NO4/c1-20-9-8-15(6-2-3-7-15)10-16-13(17)11-4-5-12(11)14(18)19/h11-12H,2-10H2,1H3,(H,16,17)(H,18,19). The minimum Gasteiger partial charge on any atom is -0.481 e. The molecule has 2 saturated carbocycles. The second-order valence-corrected chi connectivity index (χ2v) is 6.30. The van der Waals surface area contributed by atoms with Crippen molar-refractivity contribution in [1.29, 1.82) is 0 Å². The predicted molar refractivity (Wildman–Crippen MR) is 74.3 cm³/mol. The Morgan fingerprint density at radius 2 is 1.90 bits per heavy atom. The van der Waals surface area contributed by atoms with Crippen molar-refractivity contribution < 1.29 is 19.4 Å². The van der Waals surface area contributed by atoms with Gasteiger partial charge in [-0.2, -0.15) is 0 Å². The van der Waals surface area contributed by atoms with Gasteiger partial charge in [-0.25, -0.2) is 0 Å². The van der Waals surface area contributed by atoms with Crippen LogP contribution in [0.3, 0.4) is 0 Å². The number of hydrogen-bond acceptors (Lipinski definition) is 3. The Morgan fingerprint density at radius 1 is 1.25 bits per heavy atom. The fraction of sp³-hybridized carbons (Fsp3) is 0.867. The van der Waals surface area contributed by atoms with Gasteiger partial charge in [-0.05, 0) is 37.5 Å². The van der Waals surface area contributed by atoms with E-state index in [1.165, 1.54) is 12.8 Å². The molecule has 0 saturated heterocycles. The highest BCUT2D eigenvalue weighted by Crippen LogP contribution is 2.41. The number of aliphatic carboxylic acids is 1. The van der Waals surface area contributed by atoms with Crippen molar-refractivity contribution in [2.24, 2.45) is 17.3 Å². The van der Waals surface area contributed by atoms with Crippen LogP contribution in [0, 0.1) is 17.3 Å². The van der Waals surface area contributed by atoms with Crippen LogP contribution in [0.15, 0.2) is 0 Å². The number of methoxy groups -OCH3 is 1. The summed E-state index contributed by atoms with van der Waals surface area (Å²) in [5.74, 6) is -1.72. The third-order valence-corrected chi connectivity index (χ3v) is 5.07. The van der Waals surface area contributed by atoms with Crippen LogP contribution < -0.4 is 5.32 Å². The van der Waals surface area contributed by atoms with Gasteiger partial charge in [0.25, 0.3) is 0 Å². The molecule has 114 valence electrons. The van der Waals surface area contributed by atoms with Crippen LogP contribution in [0.5, 0.6) is 0 Å². The molecule has 2 rings (SSSR count). The Kier molecular flexibility index (Phi) is 5.02. The van der Waals surface area contributed by atoms with Crippen molar-refractivity contribution in [3.05, 3.63) is 0 Å². The van der Waals surface area contributed by atoms with Gasteiger partial charge in [-0.3, -0.25) is 9.59 Å². The zero-order chi connectivity index (χ0) is 14.6. The summed E-state index contributed by atoms with van der Waals surface area (Å²) in [7, 11) is 1.70. The number of hydrogen-bond donors (Lipinski definition) is 2. The van der Waals surface area contributed by atoms with Crippen LogP contribution in [0.25, 0.3) is 0 Å². The maximum atomic E-state index is 12.1. The maximum Gasteiger partial charge on any atom is 0.307 e. The van der Waals surface area contributed by atoms with Crippen molar-refractivity contribution in [2.75, 3.05) is 20.3 Å². The van der Waals surface area contributed by atoms with Gasteiger partial charge in [0.1, 0.15) is 0 Å². The first-order valence-corrected chi connectivity index (χ1v) is 7.57. The van der Waals surface area contributed by atoms with E-state index in [9.17, 15) is 9.59 Å². The smallest absolute Gasteiger partial charge is 0.307 e. The number of carboxylic acid groups (broad SMARTS) is 1. The molecule has 2 fully saturated rings. The number of nitrogens with one attached hydrogen (secondary N) is 1. The molecule has 0 aromatic rings. The van der Waals surface area contributed by atoms with Crippen LogP contribution in [0.1, 0.15) is 44.9 Å². The van der Waals surface area contributed by atoms with Gasteiger partial charge in [0.2, 0.25) is 5.91 Å². The molecule has 0 bridgehead atoms. The first-order chi connectivity index (χ1) is 9.58. The SMILES string of the molecule is COCCC1(CNC(=O)C2CCC2C(=O)O)CCCC1. The summed E-state index contributed by atoms with van der Waals surface area (Å²) in [6.07, 6.45) is 6.97. The molecular weight excluding hydrogens is 258 g/mol. The van der Waals surface area contributed by atoms with E-state index in [2.05, 4.69) is 5.32 Å². The minimum atomic E-state index is -0.841. The number of rotatable bonds is 7. The van der Waals surface area contributed by atoms with E-state index in [0.29, 0.717) is 19.4 Å². The molecule has 2 aliphatic carbocycles. The van der Waals surface area contributed by atoms with Gasteiger partial charge in [-0.15, -0.1) is 0 Å². The van der Waals surface area contributed by atoms with Gasteiger partial charge in [0.15, 0.2) is 0 Å². The maximum absolute atomic E-state index is 12.1. The highest BCUT2D eigenvalue weighted by molar-refractivity contribution is 5.86. The summed E-state index contributed by atoms with van der Waals surface area (Å²) in [6, 6.07) is 0. The van der Waals surface area contributed by atoms with Gasteiger partial charge >= 0.3 is 5.97 Å². The normalized spacial score (nSPS) is 27.9. The van der Waals surface area contributed by atoms with Gasteiger partial charge in [0.05, 0.1) is 11.8 Å². The van der Waals surface area contributed by atoms with E-state index in [0.717, 1.165) is 25.9 Å². The average Bonchev–Trinajstić information content (AvgIpc) is 2.81. The van der Waals surface area contributed by atoms with Crippen molar-refractivity contribution in [1.82, 2.24) is 5.32 Å². The predicted octanol–water partition coefficient (Wildman–Crippen LogP) is 1.81. The molecule has 20 heavy (non-hydrogen) atoms. The number of carboxylic acids is 1. The van der Waals surface area contributed by atoms with Crippen LogP contribution in [-0.4, -0.2) is 37.2 Å². The van der Waals surface area contributed by atoms with Crippen LogP contribution in [0.4, 0.5) is 0 Å². The lowest BCUT2D eigenvalue weighted by molar-refractivity contribution is -0.152. The molecule has 0 aliphatic heterocycles. The summed E-state index contributed by atoms with van der Waals surface area (Å²) < 4.78 is 5.17. The van der Waals surface area contributed by atoms with Gasteiger partial charge in [0, 0.05) is 20.3 Å². The van der Waals surface area contributed by atoms with E-state index in [1.54, 1.807) is 7.11 Å². The third kappa shape index (κ3) is 3.32. The van der Waals surface area contributed by atoms with Gasteiger partial charge in [-0.1, -0.05) is 12.8 Å². The Morgan fingerprint density at radius 3 is 2.40 bits per heavy atom. The van der Waals surface area contributed by atoms with E-state index in [4.69, 9.17) is 9.84 Å². The highest BCUT2D eigenvalue weighted by Gasteiger charge is 2.42. The van der Waals surface area contributed by atoms with E-state index >= 15 is 0 Å². The lowest BCUT2D eigenvalue weighted by Gasteiger charge is -2.34. The number of amides is 1. The lowest BCUT2D eigenvalue weighted by atomic mass is 9.73. The van der Waals surface area contributed by atoms with Crippen molar-refractivity contribution in [3.63, 3.8) is 0 Å². The molecule has 2 aliphatic rings. The molecule has 0 aromatic heterocycles. The second-order valence-electron chi connectivity index (χ2n) is 6.30. The Labute approximate surface area is 120 Å². The molecule has 1 amide bonds. The molecule has 2 N–H and O–H groups in total. The van der Waals surface area contributed by atoms with Crippen molar-refractivity contribution >= 4 is 11.9 Å². The molecule has 2 atom stereocenters. The summed E-state index contributed by atoms with van der Waals surface area (Å²) in [4.78, 5) is 23.1. The van der Waals surface area contributed by atoms with E-state index < -0.39 is 11.9 Å². The molecule has 0 heterocycles. The minimum absolute atomic E-state index is 0.0765. The molecule has 0 radical (unpaired) electrons. The van der Waals surface area contributed by atoms with Crippen molar-refractivity contribution in [3.8, 4) is 0 Å². The molecule has 2 unspecified atom stereocenters. The Balaban J connectivity index is 1.83. The first kappa shape index (κ1) is 15.3. The fourth-order valence-electron chi connectivity index (χ4n) is 3.47. The Bertz CT molecular complexity index is 363. The van der Waals surface area contributed by atoms with E-state index in [-0.39, 0.29) is 17.2 Å². The highest BCUT2D eigenvalue weighted by atomic mass is 16.5. The molecular formula is C15H25NO4. The van der Waals surface area contributed by atoms with Gasteiger partial charge < -0.3 is 15.2 Å². The number of carbonyl (C=O) groups is 2. The zero-order valence-electron chi connectivity index (χ0n) is 12.2. The third-order valence-electron chi connectivity index (χ3n) is 5.07. The average molecular weight is 283 g/mol. The zero-order valence-corrected chi connectivity index (χ0v) is 12.2. The van der Waals surface area contributed by atoms with Crippen LogP contribution in [0.2, 0.25) is 0 Å². The van der Waals surface area contributed by atoms with E-state index in [1.807, 2.05) is 0 Å². The van der Waals surface area contributed by atoms with Crippen molar-refractivity contribution in [2.45, 2.75) is 44.9 Å². The monoisotopic (exact) mass is 283 g/mol. The molecule has 5 nitrogen and oxygen atoms in total. The topological polar surface area (TPSA) is 75.6 Å². The number of carbonyl (C=O) groups excluding carboxylic acids is 1. The lowest BCUT2D eigenvalue weighted by Crippen LogP contribution is -2.46. The summed E-state index contributed by atoms with van der Waals surface area (Å²) in [5, 5.41) is 12.0. The molecule has 5 heteroatoms.